The van der Waals surface area contributed by atoms with Crippen LogP contribution in [0.25, 0.3) is 0 Å². The van der Waals surface area contributed by atoms with Crippen molar-refractivity contribution in [2.45, 2.75) is 6.92 Å². The number of ether oxygens (including phenoxy) is 1. The normalized spacial score (nSPS) is 13.0. The van der Waals surface area contributed by atoms with E-state index in [9.17, 15) is 0 Å². The summed E-state index contributed by atoms with van der Waals surface area (Å²) in [4.78, 5) is 0. The highest BCUT2D eigenvalue weighted by Crippen LogP contribution is 2.02. The Morgan fingerprint density at radius 3 is 2.55 bits per heavy atom. The van der Waals surface area contributed by atoms with Gasteiger partial charge in [-0.1, -0.05) is 12.7 Å². The maximum absolute atomic E-state index is 5.42. The van der Waals surface area contributed by atoms with Gasteiger partial charge in [0.1, 0.15) is 5.76 Å². The molecule has 2 heteroatoms. The van der Waals surface area contributed by atoms with Crippen molar-refractivity contribution in [2.75, 3.05) is 13.7 Å². The smallest absolute Gasteiger partial charge is 0.114 e. The molecule has 0 fully saturated rings. The lowest BCUT2D eigenvalue weighted by atomic mass is 10.2. The molecule has 0 amide bonds. The van der Waals surface area contributed by atoms with Crippen LogP contribution in [0.2, 0.25) is 0 Å². The molecule has 62 valence electrons. The molecule has 2 N–H and O–H groups in total. The van der Waals surface area contributed by atoms with Gasteiger partial charge in [-0.05, 0) is 24.6 Å². The van der Waals surface area contributed by atoms with Crippen molar-refractivity contribution in [3.05, 3.63) is 36.1 Å². The Bertz CT molecular complexity index is 180. The standard InChI is InChI=1S/C9H15NO/c1-4-8(7-10)6-9(5-2)11-3/h4-6H,1,7,10H2,2-3H3/b8-6+,9-5+. The molecule has 0 aromatic carbocycles. The van der Waals surface area contributed by atoms with Gasteiger partial charge in [-0.25, -0.2) is 0 Å². The second-order valence-electron chi connectivity index (χ2n) is 2.02. The molecule has 0 aliphatic carbocycles. The fourth-order valence-corrected chi connectivity index (χ4v) is 0.644. The minimum Gasteiger partial charge on any atom is -0.497 e. The van der Waals surface area contributed by atoms with Crippen LogP contribution in [0.5, 0.6) is 0 Å². The molecular weight excluding hydrogens is 138 g/mol. The fraction of sp³-hybridized carbons (Fsp3) is 0.333. The van der Waals surface area contributed by atoms with E-state index in [0.29, 0.717) is 6.54 Å². The number of allylic oxidation sites excluding steroid dienone is 2. The fourth-order valence-electron chi connectivity index (χ4n) is 0.644. The van der Waals surface area contributed by atoms with Crippen LogP contribution >= 0.6 is 0 Å². The van der Waals surface area contributed by atoms with Gasteiger partial charge in [0.2, 0.25) is 0 Å². The molecule has 11 heavy (non-hydrogen) atoms. The lowest BCUT2D eigenvalue weighted by Gasteiger charge is -2.00. The summed E-state index contributed by atoms with van der Waals surface area (Å²) >= 11 is 0. The number of hydrogen-bond donors (Lipinski definition) is 1. The van der Waals surface area contributed by atoms with E-state index in [1.807, 2.05) is 19.1 Å². The van der Waals surface area contributed by atoms with E-state index in [1.54, 1.807) is 13.2 Å². The van der Waals surface area contributed by atoms with Crippen molar-refractivity contribution >= 4 is 0 Å². The summed E-state index contributed by atoms with van der Waals surface area (Å²) in [6, 6.07) is 0. The van der Waals surface area contributed by atoms with Crippen LogP contribution in [-0.4, -0.2) is 13.7 Å². The van der Waals surface area contributed by atoms with E-state index in [-0.39, 0.29) is 0 Å². The molecule has 0 radical (unpaired) electrons. The first kappa shape index (κ1) is 9.98. The van der Waals surface area contributed by atoms with Gasteiger partial charge >= 0.3 is 0 Å². The average molecular weight is 153 g/mol. The first-order valence-electron chi connectivity index (χ1n) is 3.51. The van der Waals surface area contributed by atoms with Gasteiger partial charge in [-0.15, -0.1) is 0 Å². The van der Waals surface area contributed by atoms with Crippen molar-refractivity contribution in [1.82, 2.24) is 0 Å². The zero-order valence-corrected chi connectivity index (χ0v) is 7.13. The van der Waals surface area contributed by atoms with Gasteiger partial charge in [-0.2, -0.15) is 0 Å². The highest BCUT2D eigenvalue weighted by atomic mass is 16.5. The molecule has 0 heterocycles. The highest BCUT2D eigenvalue weighted by Gasteiger charge is 1.90. The molecule has 0 aliphatic heterocycles. The zero-order chi connectivity index (χ0) is 8.69. The molecular formula is C9H15NO. The number of nitrogens with two attached hydrogens (primary N) is 1. The second kappa shape index (κ2) is 5.74. The summed E-state index contributed by atoms with van der Waals surface area (Å²) in [6.45, 7) is 6.02. The lowest BCUT2D eigenvalue weighted by molar-refractivity contribution is 0.306. The van der Waals surface area contributed by atoms with Gasteiger partial charge < -0.3 is 10.5 Å². The van der Waals surface area contributed by atoms with E-state index in [1.165, 1.54) is 0 Å². The Morgan fingerprint density at radius 1 is 1.64 bits per heavy atom. The van der Waals surface area contributed by atoms with Crippen molar-refractivity contribution in [2.24, 2.45) is 5.73 Å². The Balaban J connectivity index is 4.35. The van der Waals surface area contributed by atoms with Gasteiger partial charge in [0.25, 0.3) is 0 Å². The Labute approximate surface area is 68.0 Å². The predicted octanol–water partition coefficient (Wildman–Crippen LogP) is 1.61. The van der Waals surface area contributed by atoms with E-state index in [4.69, 9.17) is 10.5 Å². The van der Waals surface area contributed by atoms with Crippen molar-refractivity contribution in [1.29, 1.82) is 0 Å². The number of methoxy groups -OCH3 is 1. The quantitative estimate of drug-likeness (QED) is 0.492. The Hall–Kier alpha value is -1.02. The van der Waals surface area contributed by atoms with Crippen molar-refractivity contribution < 1.29 is 4.74 Å². The van der Waals surface area contributed by atoms with Crippen LogP contribution in [0.15, 0.2) is 36.1 Å². The lowest BCUT2D eigenvalue weighted by Crippen LogP contribution is -2.01. The molecule has 0 spiro atoms. The third kappa shape index (κ3) is 3.63. The van der Waals surface area contributed by atoms with Crippen LogP contribution in [0, 0.1) is 0 Å². The molecule has 0 aromatic heterocycles. The molecule has 0 saturated heterocycles. The highest BCUT2D eigenvalue weighted by molar-refractivity contribution is 5.26. The largest absolute Gasteiger partial charge is 0.497 e. The minimum atomic E-state index is 0.490. The molecule has 0 bridgehead atoms. The summed E-state index contributed by atoms with van der Waals surface area (Å²) in [5, 5.41) is 0. The molecule has 0 unspecified atom stereocenters. The molecule has 0 rings (SSSR count). The summed E-state index contributed by atoms with van der Waals surface area (Å²) in [5.74, 6) is 0.811. The summed E-state index contributed by atoms with van der Waals surface area (Å²) < 4.78 is 5.02. The maximum Gasteiger partial charge on any atom is 0.114 e. The van der Waals surface area contributed by atoms with Crippen LogP contribution in [0.3, 0.4) is 0 Å². The van der Waals surface area contributed by atoms with Crippen LogP contribution in [0.1, 0.15) is 6.92 Å². The van der Waals surface area contributed by atoms with Crippen molar-refractivity contribution in [3.8, 4) is 0 Å². The van der Waals surface area contributed by atoms with Crippen LogP contribution < -0.4 is 5.73 Å². The Morgan fingerprint density at radius 2 is 2.27 bits per heavy atom. The zero-order valence-electron chi connectivity index (χ0n) is 7.13. The number of rotatable bonds is 4. The van der Waals surface area contributed by atoms with E-state index < -0.39 is 0 Å². The van der Waals surface area contributed by atoms with Crippen LogP contribution in [0.4, 0.5) is 0 Å². The van der Waals surface area contributed by atoms with Gasteiger partial charge in [0, 0.05) is 6.54 Å². The SMILES string of the molecule is C=C/C(=C\C(=C/C)OC)CN. The van der Waals surface area contributed by atoms with Gasteiger partial charge in [0.15, 0.2) is 0 Å². The molecule has 0 saturated carbocycles. The topological polar surface area (TPSA) is 35.2 Å². The minimum absolute atomic E-state index is 0.490. The van der Waals surface area contributed by atoms with Gasteiger partial charge in [0.05, 0.1) is 7.11 Å². The molecule has 0 aromatic rings. The summed E-state index contributed by atoms with van der Waals surface area (Å²) in [6.07, 6.45) is 5.47. The maximum atomic E-state index is 5.42. The predicted molar refractivity (Wildman–Crippen MR) is 48.1 cm³/mol. The average Bonchev–Trinajstić information content (AvgIpc) is 2.07. The van der Waals surface area contributed by atoms with Gasteiger partial charge in [-0.3, -0.25) is 0 Å². The molecule has 2 nitrogen and oxygen atoms in total. The third-order valence-corrected chi connectivity index (χ3v) is 1.35. The Kier molecular flexibility index (Phi) is 5.21. The van der Waals surface area contributed by atoms with E-state index in [0.717, 1.165) is 11.3 Å². The van der Waals surface area contributed by atoms with E-state index >= 15 is 0 Å². The third-order valence-electron chi connectivity index (χ3n) is 1.35. The summed E-state index contributed by atoms with van der Waals surface area (Å²) in [5.41, 5.74) is 6.39. The molecule has 0 aliphatic rings. The first-order valence-corrected chi connectivity index (χ1v) is 3.51. The molecule has 0 atom stereocenters. The number of hydrogen-bond acceptors (Lipinski definition) is 2. The second-order valence-corrected chi connectivity index (χ2v) is 2.02. The van der Waals surface area contributed by atoms with Crippen molar-refractivity contribution in [3.63, 3.8) is 0 Å². The van der Waals surface area contributed by atoms with Crippen LogP contribution in [-0.2, 0) is 4.74 Å². The summed E-state index contributed by atoms with van der Waals surface area (Å²) in [7, 11) is 1.63. The monoisotopic (exact) mass is 153 g/mol. The first-order chi connectivity index (χ1) is 5.28. The van der Waals surface area contributed by atoms with E-state index in [2.05, 4.69) is 6.58 Å².